The van der Waals surface area contributed by atoms with E-state index < -0.39 is 6.04 Å². The SMILES string of the molecule is COc1ccc(CN2C(=O)CN(C)C(=O)C2C(=O)c2ccccc2)cc1. The minimum Gasteiger partial charge on any atom is -0.497 e. The molecule has 0 aliphatic carbocycles. The smallest absolute Gasteiger partial charge is 0.253 e. The Bertz CT molecular complexity index is 817. The highest BCUT2D eigenvalue weighted by Crippen LogP contribution is 2.21. The van der Waals surface area contributed by atoms with E-state index >= 15 is 0 Å². The Morgan fingerprint density at radius 3 is 2.35 bits per heavy atom. The lowest BCUT2D eigenvalue weighted by Crippen LogP contribution is -2.61. The summed E-state index contributed by atoms with van der Waals surface area (Å²) in [7, 11) is 3.11. The average Bonchev–Trinajstić information content (AvgIpc) is 2.67. The molecule has 1 saturated heterocycles. The second kappa shape index (κ2) is 7.39. The van der Waals surface area contributed by atoms with Gasteiger partial charge >= 0.3 is 0 Å². The van der Waals surface area contributed by atoms with Crippen molar-refractivity contribution in [2.75, 3.05) is 20.7 Å². The number of likely N-dealkylation sites (N-methyl/N-ethyl adjacent to an activating group) is 1. The van der Waals surface area contributed by atoms with E-state index in [0.29, 0.717) is 11.3 Å². The number of hydrogen-bond donors (Lipinski definition) is 0. The highest BCUT2D eigenvalue weighted by molar-refractivity contribution is 6.16. The first-order valence-corrected chi connectivity index (χ1v) is 8.28. The summed E-state index contributed by atoms with van der Waals surface area (Å²) in [6.07, 6.45) is 0. The molecule has 0 N–H and O–H groups in total. The van der Waals surface area contributed by atoms with Crippen LogP contribution in [0.4, 0.5) is 0 Å². The van der Waals surface area contributed by atoms with E-state index in [1.165, 1.54) is 16.8 Å². The number of rotatable bonds is 5. The summed E-state index contributed by atoms with van der Waals surface area (Å²) in [6, 6.07) is 14.6. The zero-order chi connectivity index (χ0) is 18.7. The molecule has 3 rings (SSSR count). The van der Waals surface area contributed by atoms with Gasteiger partial charge in [0.2, 0.25) is 5.91 Å². The van der Waals surface area contributed by atoms with Crippen LogP contribution >= 0.6 is 0 Å². The van der Waals surface area contributed by atoms with Crippen LogP contribution in [0.2, 0.25) is 0 Å². The monoisotopic (exact) mass is 352 g/mol. The predicted octanol–water partition coefficient (Wildman–Crippen LogP) is 1.75. The van der Waals surface area contributed by atoms with E-state index in [4.69, 9.17) is 4.74 Å². The van der Waals surface area contributed by atoms with Gasteiger partial charge in [0.1, 0.15) is 5.75 Å². The molecule has 1 aliphatic rings. The van der Waals surface area contributed by atoms with Gasteiger partial charge < -0.3 is 14.5 Å². The second-order valence-electron chi connectivity index (χ2n) is 6.20. The molecule has 6 heteroatoms. The molecule has 2 aromatic rings. The second-order valence-corrected chi connectivity index (χ2v) is 6.20. The van der Waals surface area contributed by atoms with Gasteiger partial charge in [-0.1, -0.05) is 42.5 Å². The summed E-state index contributed by atoms with van der Waals surface area (Å²) in [5, 5.41) is 0. The fourth-order valence-electron chi connectivity index (χ4n) is 2.98. The van der Waals surface area contributed by atoms with Gasteiger partial charge in [0, 0.05) is 19.2 Å². The molecule has 0 saturated carbocycles. The average molecular weight is 352 g/mol. The lowest BCUT2D eigenvalue weighted by molar-refractivity contribution is -0.152. The Morgan fingerprint density at radius 1 is 1.08 bits per heavy atom. The molecule has 2 amide bonds. The number of nitrogens with zero attached hydrogens (tertiary/aromatic N) is 2. The minimum atomic E-state index is -1.15. The van der Waals surface area contributed by atoms with Crippen LogP contribution in [0.15, 0.2) is 54.6 Å². The topological polar surface area (TPSA) is 66.9 Å². The van der Waals surface area contributed by atoms with Gasteiger partial charge in [0.15, 0.2) is 11.8 Å². The van der Waals surface area contributed by atoms with Crippen molar-refractivity contribution >= 4 is 17.6 Å². The summed E-state index contributed by atoms with van der Waals surface area (Å²) in [6.45, 7) is 0.152. The zero-order valence-electron chi connectivity index (χ0n) is 14.7. The number of carbonyl (C=O) groups excluding carboxylic acids is 3. The fourth-order valence-corrected chi connectivity index (χ4v) is 2.98. The minimum absolute atomic E-state index is 0.0342. The van der Waals surface area contributed by atoms with Crippen LogP contribution in [0.1, 0.15) is 15.9 Å². The summed E-state index contributed by atoms with van der Waals surface area (Å²) in [5.74, 6) is -0.292. The lowest BCUT2D eigenvalue weighted by Gasteiger charge is -2.38. The quantitative estimate of drug-likeness (QED) is 0.607. The number of methoxy groups -OCH3 is 1. The zero-order valence-corrected chi connectivity index (χ0v) is 14.7. The van der Waals surface area contributed by atoms with Crippen molar-refractivity contribution in [1.82, 2.24) is 9.80 Å². The molecule has 0 spiro atoms. The number of amides is 2. The molecule has 0 aromatic heterocycles. The molecule has 6 nitrogen and oxygen atoms in total. The largest absolute Gasteiger partial charge is 0.497 e. The van der Waals surface area contributed by atoms with Crippen molar-refractivity contribution in [2.24, 2.45) is 0 Å². The van der Waals surface area contributed by atoms with Crippen molar-refractivity contribution in [1.29, 1.82) is 0 Å². The number of Topliss-reactive ketones (excluding diaryl/α,β-unsaturated/α-hetero) is 1. The van der Waals surface area contributed by atoms with Gasteiger partial charge in [-0.05, 0) is 17.7 Å². The van der Waals surface area contributed by atoms with Crippen LogP contribution in [0.5, 0.6) is 5.75 Å². The highest BCUT2D eigenvalue weighted by atomic mass is 16.5. The van der Waals surface area contributed by atoms with Gasteiger partial charge in [-0.15, -0.1) is 0 Å². The van der Waals surface area contributed by atoms with Crippen LogP contribution in [-0.4, -0.2) is 54.1 Å². The number of ether oxygens (including phenoxy) is 1. The first-order valence-electron chi connectivity index (χ1n) is 8.28. The van der Waals surface area contributed by atoms with Crippen molar-refractivity contribution in [3.8, 4) is 5.75 Å². The molecule has 0 bridgehead atoms. The standard InChI is InChI=1S/C20H20N2O4/c1-21-13-17(23)22(12-14-8-10-16(26-2)11-9-14)18(20(21)25)19(24)15-6-4-3-5-7-15/h3-11,18H,12-13H2,1-2H3. The van der Waals surface area contributed by atoms with E-state index in [2.05, 4.69) is 0 Å². The predicted molar refractivity (Wildman–Crippen MR) is 95.7 cm³/mol. The van der Waals surface area contributed by atoms with E-state index in [-0.39, 0.29) is 30.7 Å². The van der Waals surface area contributed by atoms with E-state index in [0.717, 1.165) is 5.56 Å². The molecule has 1 fully saturated rings. The fraction of sp³-hybridized carbons (Fsp3) is 0.250. The molecule has 2 aromatic carbocycles. The number of piperazine rings is 1. The highest BCUT2D eigenvalue weighted by Gasteiger charge is 2.42. The third-order valence-corrected chi connectivity index (χ3v) is 4.43. The van der Waals surface area contributed by atoms with Crippen LogP contribution < -0.4 is 4.74 Å². The molecular weight excluding hydrogens is 332 g/mol. The molecule has 1 heterocycles. The molecule has 1 aliphatic heterocycles. The Hall–Kier alpha value is -3.15. The maximum absolute atomic E-state index is 12.9. The summed E-state index contributed by atoms with van der Waals surface area (Å²) in [5.41, 5.74) is 1.23. The molecule has 1 unspecified atom stereocenters. The van der Waals surface area contributed by atoms with Crippen molar-refractivity contribution in [3.63, 3.8) is 0 Å². The van der Waals surface area contributed by atoms with Gasteiger partial charge in [-0.2, -0.15) is 0 Å². The maximum atomic E-state index is 12.9. The number of ketones is 1. The van der Waals surface area contributed by atoms with Gasteiger partial charge in [0.05, 0.1) is 13.7 Å². The first kappa shape index (κ1) is 17.7. The molecule has 1 atom stereocenters. The van der Waals surface area contributed by atoms with Crippen LogP contribution in [0.3, 0.4) is 0 Å². The maximum Gasteiger partial charge on any atom is 0.253 e. The van der Waals surface area contributed by atoms with Crippen LogP contribution in [0.25, 0.3) is 0 Å². The Balaban J connectivity index is 1.91. The van der Waals surface area contributed by atoms with E-state index in [9.17, 15) is 14.4 Å². The van der Waals surface area contributed by atoms with Gasteiger partial charge in [0.25, 0.3) is 5.91 Å². The summed E-state index contributed by atoms with van der Waals surface area (Å²) < 4.78 is 5.13. The summed E-state index contributed by atoms with van der Waals surface area (Å²) >= 11 is 0. The Morgan fingerprint density at radius 2 is 1.73 bits per heavy atom. The third kappa shape index (κ3) is 3.44. The molecule has 0 radical (unpaired) electrons. The Labute approximate surface area is 152 Å². The van der Waals surface area contributed by atoms with Crippen molar-refractivity contribution in [2.45, 2.75) is 12.6 Å². The van der Waals surface area contributed by atoms with E-state index in [1.54, 1.807) is 49.6 Å². The van der Waals surface area contributed by atoms with Crippen LogP contribution in [-0.2, 0) is 16.1 Å². The number of hydrogen-bond acceptors (Lipinski definition) is 4. The Kier molecular flexibility index (Phi) is 5.02. The number of carbonyl (C=O) groups is 3. The van der Waals surface area contributed by atoms with Gasteiger partial charge in [-0.3, -0.25) is 14.4 Å². The lowest BCUT2D eigenvalue weighted by atomic mass is 9.99. The third-order valence-electron chi connectivity index (χ3n) is 4.43. The van der Waals surface area contributed by atoms with Gasteiger partial charge in [-0.25, -0.2) is 0 Å². The molecule has 26 heavy (non-hydrogen) atoms. The first-order chi connectivity index (χ1) is 12.5. The normalized spacial score (nSPS) is 17.4. The summed E-state index contributed by atoms with van der Waals surface area (Å²) in [4.78, 5) is 40.9. The van der Waals surface area contributed by atoms with Crippen LogP contribution in [0, 0.1) is 0 Å². The molecular formula is C20H20N2O4. The molecule has 134 valence electrons. The number of benzene rings is 2. The van der Waals surface area contributed by atoms with Crippen molar-refractivity contribution < 1.29 is 19.1 Å². The van der Waals surface area contributed by atoms with E-state index in [1.807, 2.05) is 12.1 Å². The van der Waals surface area contributed by atoms with Crippen molar-refractivity contribution in [3.05, 3.63) is 65.7 Å².